The first kappa shape index (κ1) is 12.7. The molecule has 0 saturated carbocycles. The monoisotopic (exact) mass is 263 g/mol. The summed E-state index contributed by atoms with van der Waals surface area (Å²) in [5.74, 6) is 0.668. The lowest BCUT2D eigenvalue weighted by Gasteiger charge is -2.20. The number of fused-ring (bicyclic) bond motifs is 1. The van der Waals surface area contributed by atoms with E-state index in [0.29, 0.717) is 18.0 Å². The van der Waals surface area contributed by atoms with Crippen LogP contribution in [0.2, 0.25) is 6.82 Å². The summed E-state index contributed by atoms with van der Waals surface area (Å²) in [5, 5.41) is 9.17. The summed E-state index contributed by atoms with van der Waals surface area (Å²) in [6.45, 7) is 2.86. The number of aromatic nitrogens is 1. The van der Waals surface area contributed by atoms with Crippen LogP contribution in [0.5, 0.6) is 0 Å². The molecule has 0 N–H and O–H groups in total. The first-order chi connectivity index (χ1) is 9.70. The van der Waals surface area contributed by atoms with Crippen LogP contribution in [0.15, 0.2) is 36.5 Å². The van der Waals surface area contributed by atoms with Gasteiger partial charge in [-0.25, -0.2) is 4.98 Å². The minimum atomic E-state index is 0.161. The quantitative estimate of drug-likeness (QED) is 0.778. The molecule has 0 fully saturated rings. The molecule has 0 aliphatic carbocycles. The molecule has 20 heavy (non-hydrogen) atoms. The van der Waals surface area contributed by atoms with Crippen LogP contribution >= 0.6 is 0 Å². The van der Waals surface area contributed by atoms with Gasteiger partial charge in [-0.3, -0.25) is 0 Å². The lowest BCUT2D eigenvalue weighted by molar-refractivity contribution is 0.333. The molecular formula is C15H14BN3O. The van der Waals surface area contributed by atoms with Crippen LogP contribution in [0.3, 0.4) is 0 Å². The molecule has 0 amide bonds. The molecule has 5 heteroatoms. The van der Waals surface area contributed by atoms with Crippen LogP contribution in [-0.4, -0.2) is 18.9 Å². The molecule has 3 rings (SSSR count). The van der Waals surface area contributed by atoms with Crippen LogP contribution in [0, 0.1) is 11.3 Å². The van der Waals surface area contributed by atoms with Gasteiger partial charge in [-0.15, -0.1) is 0 Å². The number of nitrogens with zero attached hydrogens (tertiary/aromatic N) is 3. The Hall–Kier alpha value is -2.32. The van der Waals surface area contributed by atoms with Gasteiger partial charge in [0.15, 0.2) is 5.82 Å². The maximum Gasteiger partial charge on any atom is 0.324 e. The van der Waals surface area contributed by atoms with Crippen molar-refractivity contribution in [3.63, 3.8) is 0 Å². The summed E-state index contributed by atoms with van der Waals surface area (Å²) in [7, 11) is 1.92. The Labute approximate surface area is 118 Å². The molecule has 1 aliphatic heterocycles. The highest BCUT2D eigenvalue weighted by molar-refractivity contribution is 6.67. The standard InChI is InChI=1S/C15H14BN3O/c1-16-14-6-5-13(8-12(14)10-20-16)19(2)15-11(9-17)4-3-7-18-15/h3-8H,10H2,1-2H3. The molecule has 0 bridgehead atoms. The Bertz CT molecular complexity index is 696. The van der Waals surface area contributed by atoms with E-state index in [1.165, 1.54) is 11.0 Å². The van der Waals surface area contributed by atoms with Crippen molar-refractivity contribution in [2.75, 3.05) is 11.9 Å². The molecule has 1 aromatic heterocycles. The molecule has 1 aliphatic rings. The highest BCUT2D eigenvalue weighted by Gasteiger charge is 2.24. The number of pyridine rings is 1. The zero-order valence-corrected chi connectivity index (χ0v) is 11.5. The molecule has 2 heterocycles. The predicted octanol–water partition coefficient (Wildman–Crippen LogP) is 2.08. The van der Waals surface area contributed by atoms with E-state index < -0.39 is 0 Å². The van der Waals surface area contributed by atoms with E-state index in [1.54, 1.807) is 18.3 Å². The normalized spacial score (nSPS) is 12.9. The van der Waals surface area contributed by atoms with Gasteiger partial charge in [-0.1, -0.05) is 12.9 Å². The number of hydrogen-bond donors (Lipinski definition) is 0. The van der Waals surface area contributed by atoms with E-state index in [0.717, 1.165) is 5.69 Å². The largest absolute Gasteiger partial charge is 0.427 e. The van der Waals surface area contributed by atoms with E-state index in [2.05, 4.69) is 30.0 Å². The highest BCUT2D eigenvalue weighted by Crippen LogP contribution is 2.26. The number of nitriles is 1. The van der Waals surface area contributed by atoms with Crippen LogP contribution < -0.4 is 10.4 Å². The summed E-state index contributed by atoms with van der Waals surface area (Å²) in [6, 6.07) is 12.0. The van der Waals surface area contributed by atoms with E-state index >= 15 is 0 Å². The van der Waals surface area contributed by atoms with Crippen LogP contribution in [0.4, 0.5) is 11.5 Å². The minimum Gasteiger partial charge on any atom is -0.427 e. The fourth-order valence-corrected chi connectivity index (χ4v) is 2.50. The van der Waals surface area contributed by atoms with Gasteiger partial charge in [-0.2, -0.15) is 5.26 Å². The Kier molecular flexibility index (Phi) is 3.17. The van der Waals surface area contributed by atoms with Gasteiger partial charge in [0, 0.05) is 18.9 Å². The second kappa shape index (κ2) is 4.99. The maximum atomic E-state index is 9.17. The van der Waals surface area contributed by atoms with Gasteiger partial charge in [-0.05, 0) is 35.3 Å². The molecule has 0 spiro atoms. The summed E-state index contributed by atoms with van der Waals surface area (Å²) in [5.41, 5.74) is 4.02. The predicted molar refractivity (Wildman–Crippen MR) is 79.5 cm³/mol. The van der Waals surface area contributed by atoms with E-state index in [-0.39, 0.29) is 6.92 Å². The minimum absolute atomic E-state index is 0.161. The molecule has 0 unspecified atom stereocenters. The molecule has 98 valence electrons. The first-order valence-corrected chi connectivity index (χ1v) is 6.54. The van der Waals surface area contributed by atoms with Crippen molar-refractivity contribution < 1.29 is 4.65 Å². The zero-order valence-electron chi connectivity index (χ0n) is 11.5. The number of rotatable bonds is 2. The summed E-state index contributed by atoms with van der Waals surface area (Å²) >= 11 is 0. The average Bonchev–Trinajstić information content (AvgIpc) is 2.87. The zero-order chi connectivity index (χ0) is 14.1. The summed E-state index contributed by atoms with van der Waals surface area (Å²) < 4.78 is 5.62. The fourth-order valence-electron chi connectivity index (χ4n) is 2.50. The van der Waals surface area contributed by atoms with Gasteiger partial charge in [0.1, 0.15) is 6.07 Å². The van der Waals surface area contributed by atoms with Crippen LogP contribution in [0.25, 0.3) is 0 Å². The highest BCUT2D eigenvalue weighted by atomic mass is 16.4. The SMILES string of the molecule is CB1OCc2cc(N(C)c3ncccc3C#N)ccc21. The van der Waals surface area contributed by atoms with Gasteiger partial charge in [0.2, 0.25) is 0 Å². The Morgan fingerprint density at radius 2 is 2.25 bits per heavy atom. The lowest BCUT2D eigenvalue weighted by Crippen LogP contribution is -2.24. The maximum absolute atomic E-state index is 9.17. The fraction of sp³-hybridized carbons (Fsp3) is 0.200. The molecule has 0 radical (unpaired) electrons. The third-order valence-electron chi connectivity index (χ3n) is 3.67. The average molecular weight is 263 g/mol. The van der Waals surface area contributed by atoms with E-state index in [1.807, 2.05) is 18.0 Å². The third-order valence-corrected chi connectivity index (χ3v) is 3.67. The number of benzene rings is 1. The second-order valence-corrected chi connectivity index (χ2v) is 4.88. The molecule has 1 aromatic carbocycles. The Morgan fingerprint density at radius 1 is 1.40 bits per heavy atom. The van der Waals surface area contributed by atoms with E-state index in [4.69, 9.17) is 9.92 Å². The Morgan fingerprint density at radius 3 is 3.05 bits per heavy atom. The van der Waals surface area contributed by atoms with Gasteiger partial charge in [0.25, 0.3) is 0 Å². The molecule has 0 saturated heterocycles. The van der Waals surface area contributed by atoms with Crippen LogP contribution in [0.1, 0.15) is 11.1 Å². The summed E-state index contributed by atoms with van der Waals surface area (Å²) in [4.78, 5) is 6.24. The van der Waals surface area contributed by atoms with Gasteiger partial charge in [0.05, 0.1) is 12.2 Å². The molecule has 0 atom stereocenters. The summed E-state index contributed by atoms with van der Waals surface area (Å²) in [6.07, 6.45) is 1.70. The van der Waals surface area contributed by atoms with Crippen molar-refractivity contribution in [3.05, 3.63) is 47.7 Å². The molecule has 2 aromatic rings. The van der Waals surface area contributed by atoms with Crippen molar-refractivity contribution in [1.82, 2.24) is 4.98 Å². The first-order valence-electron chi connectivity index (χ1n) is 6.54. The topological polar surface area (TPSA) is 49.1 Å². The van der Waals surface area contributed by atoms with Gasteiger partial charge < -0.3 is 9.55 Å². The second-order valence-electron chi connectivity index (χ2n) is 4.88. The third kappa shape index (κ3) is 2.04. The van der Waals surface area contributed by atoms with Crippen molar-refractivity contribution in [2.24, 2.45) is 0 Å². The number of hydrogen-bond acceptors (Lipinski definition) is 4. The van der Waals surface area contributed by atoms with Gasteiger partial charge >= 0.3 is 6.92 Å². The van der Waals surface area contributed by atoms with Crippen molar-refractivity contribution in [3.8, 4) is 6.07 Å². The van der Waals surface area contributed by atoms with Crippen molar-refractivity contribution in [1.29, 1.82) is 5.26 Å². The smallest absolute Gasteiger partial charge is 0.324 e. The Balaban J connectivity index is 2.00. The van der Waals surface area contributed by atoms with Crippen molar-refractivity contribution in [2.45, 2.75) is 13.4 Å². The van der Waals surface area contributed by atoms with Crippen molar-refractivity contribution >= 4 is 23.9 Å². The van der Waals surface area contributed by atoms with Crippen LogP contribution in [-0.2, 0) is 11.3 Å². The molecular weight excluding hydrogens is 249 g/mol. The molecule has 4 nitrogen and oxygen atoms in total. The lowest BCUT2D eigenvalue weighted by atomic mass is 9.64. The number of anilines is 2. The van der Waals surface area contributed by atoms with E-state index in [9.17, 15) is 0 Å².